The molecule has 8 heteroatoms. The molecule has 2 N–H and O–H groups in total. The summed E-state index contributed by atoms with van der Waals surface area (Å²) in [6.45, 7) is 5.38. The molecule has 1 heterocycles. The van der Waals surface area contributed by atoms with E-state index in [1.807, 2.05) is 31.2 Å². The number of halogens is 2. The van der Waals surface area contributed by atoms with Gasteiger partial charge < -0.3 is 20.3 Å². The lowest BCUT2D eigenvalue weighted by atomic mass is 9.97. The summed E-state index contributed by atoms with van der Waals surface area (Å²) in [5.74, 6) is 0.0949. The van der Waals surface area contributed by atoms with Crippen LogP contribution in [0.25, 0.3) is 0 Å². The Morgan fingerprint density at radius 2 is 2.00 bits per heavy atom. The molecule has 3 rings (SSSR count). The van der Waals surface area contributed by atoms with Gasteiger partial charge in [-0.25, -0.2) is 9.18 Å². The lowest BCUT2D eigenvalue weighted by Gasteiger charge is -2.34. The smallest absolute Gasteiger partial charge is 0.319 e. The van der Waals surface area contributed by atoms with Crippen molar-refractivity contribution in [2.45, 2.75) is 32.8 Å². The molecule has 0 aliphatic carbocycles. The lowest BCUT2D eigenvalue weighted by molar-refractivity contribution is -0.139. The Hall–Kier alpha value is -2.61. The number of nitrogens with one attached hydrogen (secondary N) is 2. The molecule has 0 aromatic heterocycles. The van der Waals surface area contributed by atoms with E-state index in [0.29, 0.717) is 29.9 Å². The number of piperidine rings is 1. The van der Waals surface area contributed by atoms with Crippen molar-refractivity contribution in [3.05, 3.63) is 58.3 Å². The Morgan fingerprint density at radius 1 is 1.26 bits per heavy atom. The first kappa shape index (κ1) is 23.1. The van der Waals surface area contributed by atoms with Crippen LogP contribution in [0.2, 0.25) is 0 Å². The third-order valence-corrected chi connectivity index (χ3v) is 5.86. The lowest BCUT2D eigenvalue weighted by Crippen LogP contribution is -2.48. The number of rotatable bonds is 6. The molecule has 2 unspecified atom stereocenters. The van der Waals surface area contributed by atoms with Crippen LogP contribution in [0, 0.1) is 18.7 Å². The molecule has 31 heavy (non-hydrogen) atoms. The summed E-state index contributed by atoms with van der Waals surface area (Å²) in [6.07, 6.45) is 1.11. The number of carbonyl (C=O) groups is 2. The highest BCUT2D eigenvalue weighted by Crippen LogP contribution is 2.27. The van der Waals surface area contributed by atoms with Gasteiger partial charge in [0.25, 0.3) is 5.91 Å². The molecule has 1 saturated heterocycles. The molecule has 3 amide bonds. The van der Waals surface area contributed by atoms with Crippen molar-refractivity contribution in [3.63, 3.8) is 0 Å². The molecule has 1 aliphatic rings. The van der Waals surface area contributed by atoms with E-state index in [2.05, 4.69) is 26.6 Å². The molecule has 0 saturated carbocycles. The molecule has 1 aliphatic heterocycles. The minimum absolute atomic E-state index is 0.120. The van der Waals surface area contributed by atoms with Crippen molar-refractivity contribution < 1.29 is 18.7 Å². The van der Waals surface area contributed by atoms with Crippen LogP contribution >= 0.6 is 15.9 Å². The molecule has 166 valence electrons. The Kier molecular flexibility index (Phi) is 7.90. The van der Waals surface area contributed by atoms with Crippen LogP contribution in [-0.2, 0) is 4.79 Å². The summed E-state index contributed by atoms with van der Waals surface area (Å²) in [7, 11) is 0. The predicted molar refractivity (Wildman–Crippen MR) is 122 cm³/mol. The first-order chi connectivity index (χ1) is 14.8. The van der Waals surface area contributed by atoms with E-state index in [4.69, 9.17) is 4.74 Å². The van der Waals surface area contributed by atoms with Gasteiger partial charge in [0.2, 0.25) is 0 Å². The summed E-state index contributed by atoms with van der Waals surface area (Å²) in [5.41, 5.74) is 1.87. The zero-order chi connectivity index (χ0) is 22.4. The monoisotopic (exact) mass is 491 g/mol. The fourth-order valence-corrected chi connectivity index (χ4v) is 3.99. The zero-order valence-corrected chi connectivity index (χ0v) is 19.2. The summed E-state index contributed by atoms with van der Waals surface area (Å²) >= 11 is 3.26. The highest BCUT2D eigenvalue weighted by atomic mass is 79.9. The topological polar surface area (TPSA) is 70.7 Å². The third-order valence-electron chi connectivity index (χ3n) is 5.24. The molecule has 6 nitrogen and oxygen atoms in total. The van der Waals surface area contributed by atoms with E-state index in [-0.39, 0.29) is 23.7 Å². The molecule has 0 radical (unpaired) electrons. The number of carbonyl (C=O) groups excluding carboxylic acids is 2. The molecule has 1 fully saturated rings. The van der Waals surface area contributed by atoms with Gasteiger partial charge >= 0.3 is 6.03 Å². The van der Waals surface area contributed by atoms with Gasteiger partial charge in [0.1, 0.15) is 11.6 Å². The summed E-state index contributed by atoms with van der Waals surface area (Å²) in [6, 6.07) is 11.4. The zero-order valence-electron chi connectivity index (χ0n) is 17.7. The van der Waals surface area contributed by atoms with Gasteiger partial charge in [0.05, 0.1) is 4.47 Å². The first-order valence-corrected chi connectivity index (χ1v) is 11.1. The van der Waals surface area contributed by atoms with E-state index in [1.165, 1.54) is 18.2 Å². The number of aryl methyl sites for hydroxylation is 1. The number of ether oxygens (including phenoxy) is 1. The summed E-state index contributed by atoms with van der Waals surface area (Å²) in [5, 5.41) is 5.71. The molecule has 2 atom stereocenters. The Bertz CT molecular complexity index is 923. The van der Waals surface area contributed by atoms with Gasteiger partial charge in [-0.05, 0) is 78.9 Å². The van der Waals surface area contributed by atoms with Crippen LogP contribution in [0.3, 0.4) is 0 Å². The average Bonchev–Trinajstić information content (AvgIpc) is 2.75. The number of hydrogen-bond acceptors (Lipinski definition) is 3. The number of benzene rings is 2. The Labute approximate surface area is 190 Å². The fraction of sp³-hybridized carbons (Fsp3) is 0.391. The normalized spacial score (nSPS) is 17.0. The average molecular weight is 492 g/mol. The fourth-order valence-electron chi connectivity index (χ4n) is 3.55. The van der Waals surface area contributed by atoms with Crippen molar-refractivity contribution in [3.8, 4) is 5.75 Å². The van der Waals surface area contributed by atoms with Gasteiger partial charge in [-0.3, -0.25) is 4.79 Å². The number of hydrogen-bond donors (Lipinski definition) is 2. The van der Waals surface area contributed by atoms with Crippen molar-refractivity contribution >= 4 is 33.6 Å². The van der Waals surface area contributed by atoms with Crippen LogP contribution in [0.4, 0.5) is 14.9 Å². The standard InChI is InChI=1S/C23H27BrFN3O3/c1-15-5-8-19(9-6-15)27-23(30)26-13-17-4-3-11-28(14-17)22(29)16(2)31-21-10-7-18(25)12-20(21)24/h5-10,12,16-17H,3-4,11,13-14H2,1-2H3,(H2,26,27,30). The molecule has 2 aromatic carbocycles. The maximum atomic E-state index is 13.2. The first-order valence-electron chi connectivity index (χ1n) is 10.3. The Balaban J connectivity index is 1.48. The van der Waals surface area contributed by atoms with E-state index >= 15 is 0 Å². The van der Waals surface area contributed by atoms with Crippen molar-refractivity contribution in [2.24, 2.45) is 5.92 Å². The second-order valence-electron chi connectivity index (χ2n) is 7.83. The summed E-state index contributed by atoms with van der Waals surface area (Å²) < 4.78 is 19.5. The number of urea groups is 1. The van der Waals surface area contributed by atoms with Crippen molar-refractivity contribution in [1.82, 2.24) is 10.2 Å². The minimum Gasteiger partial charge on any atom is -0.480 e. The van der Waals surface area contributed by atoms with Crippen LogP contribution in [0.5, 0.6) is 5.75 Å². The quantitative estimate of drug-likeness (QED) is 0.613. The van der Waals surface area contributed by atoms with Crippen molar-refractivity contribution in [2.75, 3.05) is 25.0 Å². The molecule has 2 aromatic rings. The van der Waals surface area contributed by atoms with E-state index < -0.39 is 6.10 Å². The minimum atomic E-state index is -0.696. The highest BCUT2D eigenvalue weighted by Gasteiger charge is 2.28. The van der Waals surface area contributed by atoms with Crippen LogP contribution in [0.1, 0.15) is 25.3 Å². The molecular formula is C23H27BrFN3O3. The number of anilines is 1. The molecule has 0 spiro atoms. The second-order valence-corrected chi connectivity index (χ2v) is 8.68. The largest absolute Gasteiger partial charge is 0.480 e. The Morgan fingerprint density at radius 3 is 2.71 bits per heavy atom. The maximum absolute atomic E-state index is 13.2. The SMILES string of the molecule is Cc1ccc(NC(=O)NCC2CCCN(C(=O)C(C)Oc3ccc(F)cc3Br)C2)cc1. The number of nitrogens with zero attached hydrogens (tertiary/aromatic N) is 1. The van der Waals surface area contributed by atoms with E-state index in [0.717, 1.165) is 24.1 Å². The van der Waals surface area contributed by atoms with E-state index in [9.17, 15) is 14.0 Å². The van der Waals surface area contributed by atoms with Crippen molar-refractivity contribution in [1.29, 1.82) is 0 Å². The molecular weight excluding hydrogens is 465 g/mol. The van der Waals surface area contributed by atoms with Crippen LogP contribution in [0.15, 0.2) is 46.9 Å². The number of likely N-dealkylation sites (tertiary alicyclic amines) is 1. The van der Waals surface area contributed by atoms with Gasteiger partial charge in [-0.15, -0.1) is 0 Å². The number of amides is 3. The third kappa shape index (κ3) is 6.69. The predicted octanol–water partition coefficient (Wildman–Crippen LogP) is 4.72. The second kappa shape index (κ2) is 10.6. The van der Waals surface area contributed by atoms with Gasteiger partial charge in [0.15, 0.2) is 6.10 Å². The highest BCUT2D eigenvalue weighted by molar-refractivity contribution is 9.10. The molecule has 0 bridgehead atoms. The van der Waals surface area contributed by atoms with Gasteiger partial charge in [-0.2, -0.15) is 0 Å². The summed E-state index contributed by atoms with van der Waals surface area (Å²) in [4.78, 5) is 26.8. The van der Waals surface area contributed by atoms with E-state index in [1.54, 1.807) is 11.8 Å². The maximum Gasteiger partial charge on any atom is 0.319 e. The van der Waals surface area contributed by atoms with Gasteiger partial charge in [-0.1, -0.05) is 17.7 Å². The van der Waals surface area contributed by atoms with Crippen LogP contribution in [-0.4, -0.2) is 42.6 Å². The van der Waals surface area contributed by atoms with Gasteiger partial charge in [0, 0.05) is 25.3 Å². The van der Waals surface area contributed by atoms with Crippen LogP contribution < -0.4 is 15.4 Å².